The van der Waals surface area contributed by atoms with Crippen LogP contribution < -0.4 is 5.32 Å². The molecular weight excluding hydrogens is 444 g/mol. The van der Waals surface area contributed by atoms with Crippen LogP contribution in [0.4, 0.5) is 0 Å². The Morgan fingerprint density at radius 2 is 1.25 bits per heavy atom. The third-order valence-electron chi connectivity index (χ3n) is 6.77. The van der Waals surface area contributed by atoms with Gasteiger partial charge in [0.25, 0.3) is 0 Å². The van der Waals surface area contributed by atoms with Crippen LogP contribution in [0.25, 0.3) is 55.3 Å². The van der Waals surface area contributed by atoms with Gasteiger partial charge in [-0.2, -0.15) is 0 Å². The fraction of sp³-hybridized carbons (Fsp3) is 0.0312. The quantitative estimate of drug-likeness (QED) is 0.267. The summed E-state index contributed by atoms with van der Waals surface area (Å²) in [6, 6.07) is 34.4. The van der Waals surface area contributed by atoms with Crippen LogP contribution in [0.3, 0.4) is 0 Å². The van der Waals surface area contributed by atoms with E-state index in [1.807, 2.05) is 12.3 Å². The Morgan fingerprint density at radius 1 is 0.639 bits per heavy atom. The van der Waals surface area contributed by atoms with Crippen LogP contribution in [-0.4, -0.2) is 4.98 Å². The van der Waals surface area contributed by atoms with Crippen LogP contribution in [0.2, 0.25) is 0 Å². The SMILES string of the molecule is C1=COC(c2cccc(-c3c4ccccc4c(-c4cccc(-c5ncco5)c4)c4ccccc34)c2)N1. The van der Waals surface area contributed by atoms with Crippen LogP contribution in [0.15, 0.2) is 126 Å². The Kier molecular flexibility index (Phi) is 4.81. The molecule has 1 aromatic heterocycles. The second-order valence-electron chi connectivity index (χ2n) is 8.87. The van der Waals surface area contributed by atoms with E-state index < -0.39 is 0 Å². The minimum atomic E-state index is -0.167. The number of aromatic nitrogens is 1. The molecule has 0 radical (unpaired) electrons. The van der Waals surface area contributed by atoms with Gasteiger partial charge in [-0.05, 0) is 62.0 Å². The first-order chi connectivity index (χ1) is 17.9. The van der Waals surface area contributed by atoms with E-state index in [0.717, 1.165) is 22.3 Å². The lowest BCUT2D eigenvalue weighted by Crippen LogP contribution is -2.11. The zero-order valence-electron chi connectivity index (χ0n) is 19.4. The van der Waals surface area contributed by atoms with Crippen LogP contribution in [0.5, 0.6) is 0 Å². The zero-order chi connectivity index (χ0) is 23.9. The standard InChI is InChI=1S/C32H22N2O2/c1-2-12-26-25(11-1)29(21-7-5-9-23(19-21)31-33-15-17-35-31)27-13-3-4-14-28(27)30(26)22-8-6-10-24(20-22)32-34-16-18-36-32/h1-20,31,33H. The fourth-order valence-electron chi connectivity index (χ4n) is 5.24. The summed E-state index contributed by atoms with van der Waals surface area (Å²) in [5.41, 5.74) is 6.78. The van der Waals surface area contributed by atoms with Gasteiger partial charge in [0.1, 0.15) is 12.5 Å². The largest absolute Gasteiger partial charge is 0.473 e. The normalized spacial score (nSPS) is 14.7. The predicted octanol–water partition coefficient (Wildman–Crippen LogP) is 8.07. The zero-order valence-corrected chi connectivity index (χ0v) is 19.4. The van der Waals surface area contributed by atoms with Crippen molar-refractivity contribution < 1.29 is 9.15 Å². The van der Waals surface area contributed by atoms with E-state index in [1.54, 1.807) is 18.7 Å². The maximum absolute atomic E-state index is 5.72. The molecule has 0 spiro atoms. The van der Waals surface area contributed by atoms with E-state index in [2.05, 4.69) is 101 Å². The average Bonchev–Trinajstić information content (AvgIpc) is 3.67. The minimum Gasteiger partial charge on any atom is -0.473 e. The number of fused-ring (bicyclic) bond motifs is 2. The Balaban J connectivity index is 1.51. The van der Waals surface area contributed by atoms with Crippen molar-refractivity contribution >= 4 is 21.5 Å². The number of oxazole rings is 1. The molecule has 1 N–H and O–H groups in total. The summed E-state index contributed by atoms with van der Waals surface area (Å²) in [5, 5.41) is 8.09. The number of benzene rings is 5. The maximum Gasteiger partial charge on any atom is 0.225 e. The number of ether oxygens (including phenoxy) is 1. The molecule has 0 saturated carbocycles. The van der Waals surface area contributed by atoms with Crippen molar-refractivity contribution in [3.05, 3.63) is 128 Å². The van der Waals surface area contributed by atoms with E-state index in [9.17, 15) is 0 Å². The highest BCUT2D eigenvalue weighted by Gasteiger charge is 2.19. The van der Waals surface area contributed by atoms with Gasteiger partial charge >= 0.3 is 0 Å². The molecule has 2 heterocycles. The van der Waals surface area contributed by atoms with Crippen LogP contribution >= 0.6 is 0 Å². The van der Waals surface area contributed by atoms with Gasteiger partial charge in [0.2, 0.25) is 5.89 Å². The van der Waals surface area contributed by atoms with Gasteiger partial charge in [-0.15, -0.1) is 0 Å². The van der Waals surface area contributed by atoms with E-state index >= 15 is 0 Å². The van der Waals surface area contributed by atoms with E-state index in [0.29, 0.717) is 5.89 Å². The summed E-state index contributed by atoms with van der Waals surface area (Å²) in [6.07, 6.45) is 6.65. The topological polar surface area (TPSA) is 47.3 Å². The molecular formula is C32H22N2O2. The molecule has 172 valence electrons. The molecule has 36 heavy (non-hydrogen) atoms. The number of nitrogens with zero attached hydrogens (tertiary/aromatic N) is 1. The summed E-state index contributed by atoms with van der Waals surface area (Å²) in [7, 11) is 0. The molecule has 0 aliphatic carbocycles. The molecule has 5 aromatic carbocycles. The Morgan fingerprint density at radius 3 is 1.83 bits per heavy atom. The third kappa shape index (κ3) is 3.35. The van der Waals surface area contributed by atoms with Crippen molar-refractivity contribution in [2.24, 2.45) is 0 Å². The second kappa shape index (κ2) is 8.43. The predicted molar refractivity (Wildman–Crippen MR) is 144 cm³/mol. The number of rotatable bonds is 4. The first-order valence-corrected chi connectivity index (χ1v) is 12.0. The summed E-state index contributed by atoms with van der Waals surface area (Å²) < 4.78 is 11.3. The molecule has 0 amide bonds. The number of nitrogens with one attached hydrogen (secondary N) is 1. The van der Waals surface area contributed by atoms with Crippen LogP contribution in [0.1, 0.15) is 11.8 Å². The lowest BCUT2D eigenvalue weighted by Gasteiger charge is -2.19. The van der Waals surface area contributed by atoms with Crippen molar-refractivity contribution in [2.75, 3.05) is 0 Å². The molecule has 1 unspecified atom stereocenters. The van der Waals surface area contributed by atoms with E-state index in [4.69, 9.17) is 9.15 Å². The third-order valence-corrected chi connectivity index (χ3v) is 6.77. The first-order valence-electron chi connectivity index (χ1n) is 12.0. The molecule has 1 atom stereocenters. The highest BCUT2D eigenvalue weighted by atomic mass is 16.5. The summed E-state index contributed by atoms with van der Waals surface area (Å²) in [6.45, 7) is 0. The highest BCUT2D eigenvalue weighted by Crippen LogP contribution is 2.44. The molecule has 1 aliphatic heterocycles. The van der Waals surface area contributed by atoms with Crippen molar-refractivity contribution in [2.45, 2.75) is 6.23 Å². The van der Waals surface area contributed by atoms with Gasteiger partial charge in [-0.1, -0.05) is 78.9 Å². The minimum absolute atomic E-state index is 0.167. The van der Waals surface area contributed by atoms with Gasteiger partial charge in [0.05, 0.1) is 6.20 Å². The molecule has 7 rings (SSSR count). The number of hydrogen-bond donors (Lipinski definition) is 1. The maximum atomic E-state index is 5.72. The average molecular weight is 467 g/mol. The Labute approximate surface area is 208 Å². The van der Waals surface area contributed by atoms with Crippen molar-refractivity contribution in [1.82, 2.24) is 10.3 Å². The molecule has 4 nitrogen and oxygen atoms in total. The summed E-state index contributed by atoms with van der Waals surface area (Å²) in [4.78, 5) is 4.35. The van der Waals surface area contributed by atoms with E-state index in [-0.39, 0.29) is 6.23 Å². The van der Waals surface area contributed by atoms with Crippen molar-refractivity contribution in [3.8, 4) is 33.7 Å². The van der Waals surface area contributed by atoms with Gasteiger partial charge in [0, 0.05) is 17.3 Å². The molecule has 6 aromatic rings. The lowest BCUT2D eigenvalue weighted by molar-refractivity contribution is 0.155. The molecule has 4 heteroatoms. The Bertz CT molecular complexity index is 1690. The van der Waals surface area contributed by atoms with Gasteiger partial charge < -0.3 is 14.5 Å². The first kappa shape index (κ1) is 20.5. The van der Waals surface area contributed by atoms with Gasteiger partial charge in [-0.25, -0.2) is 4.98 Å². The molecule has 0 saturated heterocycles. The smallest absolute Gasteiger partial charge is 0.225 e. The van der Waals surface area contributed by atoms with Gasteiger partial charge in [-0.3, -0.25) is 0 Å². The highest BCUT2D eigenvalue weighted by molar-refractivity contribution is 6.21. The van der Waals surface area contributed by atoms with Crippen molar-refractivity contribution in [3.63, 3.8) is 0 Å². The second-order valence-corrected chi connectivity index (χ2v) is 8.87. The molecule has 0 bridgehead atoms. The number of hydrogen-bond acceptors (Lipinski definition) is 4. The van der Waals surface area contributed by atoms with E-state index in [1.165, 1.54) is 32.7 Å². The monoisotopic (exact) mass is 466 g/mol. The summed E-state index contributed by atoms with van der Waals surface area (Å²) in [5.74, 6) is 0.621. The van der Waals surface area contributed by atoms with Crippen LogP contribution in [-0.2, 0) is 4.74 Å². The fourth-order valence-corrected chi connectivity index (χ4v) is 5.24. The van der Waals surface area contributed by atoms with Crippen LogP contribution in [0, 0.1) is 0 Å². The van der Waals surface area contributed by atoms with Gasteiger partial charge in [0.15, 0.2) is 6.23 Å². The Hall–Kier alpha value is -4.83. The molecule has 0 fully saturated rings. The summed E-state index contributed by atoms with van der Waals surface area (Å²) >= 11 is 0. The lowest BCUT2D eigenvalue weighted by atomic mass is 9.85. The van der Waals surface area contributed by atoms with Crippen molar-refractivity contribution in [1.29, 1.82) is 0 Å². The molecule has 1 aliphatic rings.